The number of ether oxygens (including phenoxy) is 1. The fraction of sp³-hybridized carbons (Fsp3) is 0.385. The highest BCUT2D eigenvalue weighted by atomic mass is 16.5. The van der Waals surface area contributed by atoms with E-state index in [0.717, 1.165) is 12.2 Å². The van der Waals surface area contributed by atoms with E-state index in [2.05, 4.69) is 22.4 Å². The van der Waals surface area contributed by atoms with Gasteiger partial charge in [0, 0.05) is 0 Å². The molecule has 1 heterocycles. The lowest BCUT2D eigenvalue weighted by atomic mass is 10.2. The molecule has 1 aromatic carbocycles. The van der Waals surface area contributed by atoms with Crippen molar-refractivity contribution in [1.82, 2.24) is 20.2 Å². The molecule has 106 valence electrons. The van der Waals surface area contributed by atoms with Crippen LogP contribution in [0.4, 0.5) is 0 Å². The van der Waals surface area contributed by atoms with Crippen LogP contribution in [0.15, 0.2) is 24.3 Å². The zero-order chi connectivity index (χ0) is 14.4. The molecule has 2 rings (SSSR count). The standard InChI is InChI=1S/C13H16N4O3/c1-2-10-4-3-5-11(8-10)20-9-12-14-15-16-17(12)7-6-13(18)19/h3-5,8H,2,6-7,9H2,1H3,(H,18,19). The van der Waals surface area contributed by atoms with Crippen LogP contribution in [-0.2, 0) is 24.4 Å². The van der Waals surface area contributed by atoms with Crippen molar-refractivity contribution in [3.63, 3.8) is 0 Å². The lowest BCUT2D eigenvalue weighted by Gasteiger charge is -2.07. The van der Waals surface area contributed by atoms with Crippen molar-refractivity contribution in [2.45, 2.75) is 32.9 Å². The van der Waals surface area contributed by atoms with Crippen LogP contribution in [0.2, 0.25) is 0 Å². The summed E-state index contributed by atoms with van der Waals surface area (Å²) < 4.78 is 7.07. The molecule has 0 saturated carbocycles. The summed E-state index contributed by atoms with van der Waals surface area (Å²) in [4.78, 5) is 10.5. The van der Waals surface area contributed by atoms with Crippen molar-refractivity contribution in [2.24, 2.45) is 0 Å². The number of aliphatic carboxylic acids is 1. The number of carbonyl (C=O) groups is 1. The van der Waals surface area contributed by atoms with Gasteiger partial charge in [-0.1, -0.05) is 19.1 Å². The minimum atomic E-state index is -0.886. The first-order chi connectivity index (χ1) is 9.69. The number of nitrogens with zero attached hydrogens (tertiary/aromatic N) is 4. The Hall–Kier alpha value is -2.44. The average Bonchev–Trinajstić information content (AvgIpc) is 2.90. The van der Waals surface area contributed by atoms with Gasteiger partial charge in [-0.3, -0.25) is 4.79 Å². The molecule has 0 aliphatic carbocycles. The first-order valence-corrected chi connectivity index (χ1v) is 6.37. The Morgan fingerprint density at radius 3 is 3.05 bits per heavy atom. The first kappa shape index (κ1) is 14.0. The van der Waals surface area contributed by atoms with E-state index < -0.39 is 5.97 Å². The number of carboxylic acid groups (broad SMARTS) is 1. The summed E-state index contributed by atoms with van der Waals surface area (Å²) in [7, 11) is 0. The van der Waals surface area contributed by atoms with Gasteiger partial charge in [0.1, 0.15) is 12.4 Å². The summed E-state index contributed by atoms with van der Waals surface area (Å²) in [6.07, 6.45) is 0.914. The van der Waals surface area contributed by atoms with Gasteiger partial charge < -0.3 is 9.84 Å². The molecule has 0 radical (unpaired) electrons. The van der Waals surface area contributed by atoms with Gasteiger partial charge in [-0.25, -0.2) is 4.68 Å². The van der Waals surface area contributed by atoms with Crippen LogP contribution in [0.3, 0.4) is 0 Å². The predicted octanol–water partition coefficient (Wildman–Crippen LogP) is 1.29. The third-order valence-electron chi connectivity index (χ3n) is 2.82. The van der Waals surface area contributed by atoms with Crippen LogP contribution >= 0.6 is 0 Å². The molecule has 2 aromatic rings. The Labute approximate surface area is 116 Å². The van der Waals surface area contributed by atoms with E-state index >= 15 is 0 Å². The fourth-order valence-electron chi connectivity index (χ4n) is 1.70. The molecule has 1 aromatic heterocycles. The van der Waals surface area contributed by atoms with Gasteiger partial charge in [0.2, 0.25) is 0 Å². The molecule has 0 atom stereocenters. The van der Waals surface area contributed by atoms with E-state index in [9.17, 15) is 4.79 Å². The molecule has 7 heteroatoms. The van der Waals surface area contributed by atoms with Crippen LogP contribution < -0.4 is 4.74 Å². The monoisotopic (exact) mass is 276 g/mol. The minimum Gasteiger partial charge on any atom is -0.486 e. The number of tetrazole rings is 1. The molecule has 0 fully saturated rings. The highest BCUT2D eigenvalue weighted by Crippen LogP contribution is 2.14. The van der Waals surface area contributed by atoms with E-state index in [4.69, 9.17) is 9.84 Å². The van der Waals surface area contributed by atoms with Crippen molar-refractivity contribution < 1.29 is 14.6 Å². The molecule has 0 saturated heterocycles. The lowest BCUT2D eigenvalue weighted by molar-refractivity contribution is -0.137. The van der Waals surface area contributed by atoms with Gasteiger partial charge >= 0.3 is 5.97 Å². The van der Waals surface area contributed by atoms with Gasteiger partial charge in [0.25, 0.3) is 0 Å². The van der Waals surface area contributed by atoms with Gasteiger partial charge in [-0.05, 0) is 34.5 Å². The van der Waals surface area contributed by atoms with Crippen LogP contribution in [0.1, 0.15) is 24.7 Å². The minimum absolute atomic E-state index is 0.0244. The third-order valence-corrected chi connectivity index (χ3v) is 2.82. The zero-order valence-electron chi connectivity index (χ0n) is 11.2. The summed E-state index contributed by atoms with van der Waals surface area (Å²) in [5, 5.41) is 19.8. The number of rotatable bonds is 7. The second-order valence-electron chi connectivity index (χ2n) is 4.25. The molecule has 0 aliphatic rings. The lowest BCUT2D eigenvalue weighted by Crippen LogP contribution is -2.11. The predicted molar refractivity (Wildman–Crippen MR) is 70.2 cm³/mol. The van der Waals surface area contributed by atoms with Crippen molar-refractivity contribution in [3.8, 4) is 5.75 Å². The maximum Gasteiger partial charge on any atom is 0.305 e. The second kappa shape index (κ2) is 6.65. The molecular formula is C13H16N4O3. The molecule has 0 unspecified atom stereocenters. The Morgan fingerprint density at radius 2 is 2.30 bits per heavy atom. The van der Waals surface area contributed by atoms with Gasteiger partial charge in [0.05, 0.1) is 13.0 Å². The first-order valence-electron chi connectivity index (χ1n) is 6.37. The molecule has 7 nitrogen and oxygen atoms in total. The van der Waals surface area contributed by atoms with E-state index in [0.29, 0.717) is 5.82 Å². The van der Waals surface area contributed by atoms with Crippen molar-refractivity contribution in [1.29, 1.82) is 0 Å². The van der Waals surface area contributed by atoms with E-state index in [1.807, 2.05) is 24.3 Å². The number of aromatic nitrogens is 4. The quantitative estimate of drug-likeness (QED) is 0.819. The summed E-state index contributed by atoms with van der Waals surface area (Å²) in [5.41, 5.74) is 1.19. The zero-order valence-corrected chi connectivity index (χ0v) is 11.2. The molecule has 0 spiro atoms. The number of aryl methyl sites for hydroxylation is 2. The van der Waals surface area contributed by atoms with Gasteiger partial charge in [-0.2, -0.15) is 0 Å². The summed E-state index contributed by atoms with van der Waals surface area (Å²) in [6, 6.07) is 7.79. The molecule has 0 aliphatic heterocycles. The molecule has 1 N–H and O–H groups in total. The molecular weight excluding hydrogens is 260 g/mol. The molecule has 0 amide bonds. The SMILES string of the molecule is CCc1cccc(OCc2nnnn2CCC(=O)O)c1. The van der Waals surface area contributed by atoms with Crippen LogP contribution in [0.25, 0.3) is 0 Å². The van der Waals surface area contributed by atoms with Crippen LogP contribution in [0.5, 0.6) is 5.75 Å². The molecule has 0 bridgehead atoms. The van der Waals surface area contributed by atoms with E-state index in [1.165, 1.54) is 10.2 Å². The highest BCUT2D eigenvalue weighted by Gasteiger charge is 2.08. The largest absolute Gasteiger partial charge is 0.486 e. The number of benzene rings is 1. The Bertz CT molecular complexity index is 583. The van der Waals surface area contributed by atoms with Gasteiger partial charge in [0.15, 0.2) is 5.82 Å². The van der Waals surface area contributed by atoms with Crippen molar-refractivity contribution >= 4 is 5.97 Å². The number of hydrogen-bond acceptors (Lipinski definition) is 5. The van der Waals surface area contributed by atoms with E-state index in [-0.39, 0.29) is 19.6 Å². The summed E-state index contributed by atoms with van der Waals surface area (Å²) in [6.45, 7) is 2.52. The van der Waals surface area contributed by atoms with Crippen molar-refractivity contribution in [2.75, 3.05) is 0 Å². The molecule has 20 heavy (non-hydrogen) atoms. The number of hydrogen-bond donors (Lipinski definition) is 1. The topological polar surface area (TPSA) is 90.1 Å². The fourth-order valence-corrected chi connectivity index (χ4v) is 1.70. The maximum absolute atomic E-state index is 10.5. The summed E-state index contributed by atoms with van der Waals surface area (Å²) in [5.74, 6) is 0.369. The maximum atomic E-state index is 10.5. The van der Waals surface area contributed by atoms with Crippen LogP contribution in [-0.4, -0.2) is 31.3 Å². The Balaban J connectivity index is 1.96. The van der Waals surface area contributed by atoms with Crippen LogP contribution in [0, 0.1) is 0 Å². The summed E-state index contributed by atoms with van der Waals surface area (Å²) >= 11 is 0. The second-order valence-corrected chi connectivity index (χ2v) is 4.25. The number of carboxylic acids is 1. The highest BCUT2D eigenvalue weighted by molar-refractivity contribution is 5.66. The normalized spacial score (nSPS) is 10.4. The Kier molecular flexibility index (Phi) is 4.65. The third kappa shape index (κ3) is 3.78. The van der Waals surface area contributed by atoms with E-state index in [1.54, 1.807) is 0 Å². The Morgan fingerprint density at radius 1 is 1.45 bits per heavy atom. The smallest absolute Gasteiger partial charge is 0.305 e. The average molecular weight is 276 g/mol. The van der Waals surface area contributed by atoms with Crippen molar-refractivity contribution in [3.05, 3.63) is 35.7 Å². The van der Waals surface area contributed by atoms with Gasteiger partial charge in [-0.15, -0.1) is 5.10 Å².